The van der Waals surface area contributed by atoms with Crippen LogP contribution in [0.25, 0.3) is 0 Å². The third-order valence-corrected chi connectivity index (χ3v) is 0.610. The molecule has 0 aromatic rings. The van der Waals surface area contributed by atoms with E-state index in [0.717, 1.165) is 0 Å². The van der Waals surface area contributed by atoms with Gasteiger partial charge in [0.2, 0.25) is 0 Å². The molecule has 0 amide bonds. The third kappa shape index (κ3) is 3.52. The standard InChI is InChI=1S/C5H9NO2/c6-4-5(8)2-1-3-7/h1-2,7H,3-4,6H2/b2-1+. The van der Waals surface area contributed by atoms with Gasteiger partial charge in [0, 0.05) is 0 Å². The molecule has 0 radical (unpaired) electrons. The molecule has 0 rings (SSSR count). The number of aliphatic hydroxyl groups excluding tert-OH is 1. The van der Waals surface area contributed by atoms with Crippen LogP contribution in [0.3, 0.4) is 0 Å². The Balaban J connectivity index is 3.37. The molecule has 0 heterocycles. The van der Waals surface area contributed by atoms with Gasteiger partial charge in [-0.1, -0.05) is 6.08 Å². The molecule has 3 nitrogen and oxygen atoms in total. The maximum atomic E-state index is 10.2. The van der Waals surface area contributed by atoms with E-state index in [2.05, 4.69) is 0 Å². The zero-order chi connectivity index (χ0) is 6.41. The minimum Gasteiger partial charge on any atom is -0.392 e. The fourth-order valence-electron chi connectivity index (χ4n) is 0.252. The van der Waals surface area contributed by atoms with Crippen LogP contribution < -0.4 is 5.73 Å². The average molecular weight is 115 g/mol. The summed E-state index contributed by atoms with van der Waals surface area (Å²) in [6.45, 7) is -0.0950. The largest absolute Gasteiger partial charge is 0.392 e. The van der Waals surface area contributed by atoms with E-state index in [4.69, 9.17) is 10.8 Å². The van der Waals surface area contributed by atoms with Crippen LogP contribution in [-0.4, -0.2) is 24.0 Å². The van der Waals surface area contributed by atoms with Crippen molar-refractivity contribution in [3.63, 3.8) is 0 Å². The molecule has 0 spiro atoms. The normalized spacial score (nSPS) is 10.2. The maximum absolute atomic E-state index is 10.2. The van der Waals surface area contributed by atoms with E-state index in [1.807, 2.05) is 0 Å². The van der Waals surface area contributed by atoms with Gasteiger partial charge in [-0.3, -0.25) is 4.79 Å². The van der Waals surface area contributed by atoms with Crippen LogP contribution in [0, 0.1) is 0 Å². The molecule has 3 heteroatoms. The van der Waals surface area contributed by atoms with Gasteiger partial charge < -0.3 is 10.8 Å². The van der Waals surface area contributed by atoms with Gasteiger partial charge in [0.05, 0.1) is 13.2 Å². The molecule has 0 saturated heterocycles. The number of carbonyl (C=O) groups is 1. The van der Waals surface area contributed by atoms with Crippen LogP contribution in [0.2, 0.25) is 0 Å². The quantitative estimate of drug-likeness (QED) is 0.467. The van der Waals surface area contributed by atoms with Crippen LogP contribution in [-0.2, 0) is 4.79 Å². The molecule has 0 atom stereocenters. The Kier molecular flexibility index (Phi) is 4.11. The summed E-state index contributed by atoms with van der Waals surface area (Å²) in [4.78, 5) is 10.2. The minimum absolute atomic E-state index is 0.0104. The van der Waals surface area contributed by atoms with Gasteiger partial charge in [-0.25, -0.2) is 0 Å². The lowest BCUT2D eigenvalue weighted by molar-refractivity contribution is -0.113. The summed E-state index contributed by atoms with van der Waals surface area (Å²) in [5.74, 6) is -0.168. The van der Waals surface area contributed by atoms with Crippen molar-refractivity contribution in [2.45, 2.75) is 0 Å². The second kappa shape index (κ2) is 4.49. The summed E-state index contributed by atoms with van der Waals surface area (Å²) in [6, 6.07) is 0. The monoisotopic (exact) mass is 115 g/mol. The molecule has 0 aliphatic heterocycles. The van der Waals surface area contributed by atoms with Crippen LogP contribution in [0.15, 0.2) is 12.2 Å². The van der Waals surface area contributed by atoms with Gasteiger partial charge in [-0.15, -0.1) is 0 Å². The molecular formula is C5H9NO2. The molecule has 0 aliphatic carbocycles. The predicted octanol–water partition coefficient (Wildman–Crippen LogP) is -0.937. The zero-order valence-electron chi connectivity index (χ0n) is 4.50. The van der Waals surface area contributed by atoms with E-state index in [-0.39, 0.29) is 18.9 Å². The van der Waals surface area contributed by atoms with E-state index in [1.165, 1.54) is 12.2 Å². The fourth-order valence-corrected chi connectivity index (χ4v) is 0.252. The lowest BCUT2D eigenvalue weighted by atomic mass is 10.3. The van der Waals surface area contributed by atoms with Gasteiger partial charge in [-0.2, -0.15) is 0 Å². The van der Waals surface area contributed by atoms with Crippen molar-refractivity contribution in [3.8, 4) is 0 Å². The number of hydrogen-bond donors (Lipinski definition) is 2. The topological polar surface area (TPSA) is 63.3 Å². The number of carbonyl (C=O) groups excluding carboxylic acids is 1. The van der Waals surface area contributed by atoms with Crippen molar-refractivity contribution in [2.24, 2.45) is 5.73 Å². The Morgan fingerprint density at radius 1 is 1.75 bits per heavy atom. The first-order valence-corrected chi connectivity index (χ1v) is 2.31. The summed E-state index contributed by atoms with van der Waals surface area (Å²) in [7, 11) is 0. The van der Waals surface area contributed by atoms with E-state index >= 15 is 0 Å². The van der Waals surface area contributed by atoms with Gasteiger partial charge in [0.15, 0.2) is 5.78 Å². The van der Waals surface area contributed by atoms with Gasteiger partial charge in [-0.05, 0) is 6.08 Å². The smallest absolute Gasteiger partial charge is 0.168 e. The fraction of sp³-hybridized carbons (Fsp3) is 0.400. The molecule has 0 saturated carbocycles. The molecule has 3 N–H and O–H groups in total. The van der Waals surface area contributed by atoms with E-state index < -0.39 is 0 Å². The molecule has 0 fully saturated rings. The van der Waals surface area contributed by atoms with Crippen LogP contribution in [0.1, 0.15) is 0 Å². The molecule has 8 heavy (non-hydrogen) atoms. The van der Waals surface area contributed by atoms with Gasteiger partial charge in [0.25, 0.3) is 0 Å². The second-order valence-electron chi connectivity index (χ2n) is 1.26. The SMILES string of the molecule is NCC(=O)/C=C/CO. The molecule has 0 aromatic carbocycles. The number of ketones is 1. The highest BCUT2D eigenvalue weighted by Gasteiger charge is 1.85. The predicted molar refractivity (Wildman–Crippen MR) is 30.3 cm³/mol. The number of hydrogen-bond acceptors (Lipinski definition) is 3. The highest BCUT2D eigenvalue weighted by molar-refractivity contribution is 5.91. The van der Waals surface area contributed by atoms with Crippen molar-refractivity contribution in [2.75, 3.05) is 13.2 Å². The van der Waals surface area contributed by atoms with E-state index in [0.29, 0.717) is 0 Å². The molecule has 0 aliphatic rings. The van der Waals surface area contributed by atoms with Crippen molar-refractivity contribution < 1.29 is 9.90 Å². The highest BCUT2D eigenvalue weighted by atomic mass is 16.2. The average Bonchev–Trinajstić information content (AvgIpc) is 1.83. The summed E-state index contributed by atoms with van der Waals surface area (Å²) < 4.78 is 0. The third-order valence-electron chi connectivity index (χ3n) is 0.610. The number of rotatable bonds is 3. The van der Waals surface area contributed by atoms with Crippen molar-refractivity contribution in [3.05, 3.63) is 12.2 Å². The molecule has 46 valence electrons. The summed E-state index contributed by atoms with van der Waals surface area (Å²) in [5.41, 5.74) is 4.93. The Hall–Kier alpha value is -0.670. The Bertz CT molecular complexity index is 98.6. The molecule has 0 bridgehead atoms. The lowest BCUT2D eigenvalue weighted by Gasteiger charge is -1.81. The second-order valence-corrected chi connectivity index (χ2v) is 1.26. The molecule has 0 unspecified atom stereocenters. The first kappa shape index (κ1) is 7.33. The first-order valence-electron chi connectivity index (χ1n) is 2.31. The Morgan fingerprint density at radius 2 is 2.38 bits per heavy atom. The van der Waals surface area contributed by atoms with Crippen LogP contribution in [0.5, 0.6) is 0 Å². The summed E-state index contributed by atoms with van der Waals surface area (Å²) >= 11 is 0. The van der Waals surface area contributed by atoms with E-state index in [9.17, 15) is 4.79 Å². The Labute approximate surface area is 47.8 Å². The number of nitrogens with two attached hydrogens (primary N) is 1. The van der Waals surface area contributed by atoms with E-state index in [1.54, 1.807) is 0 Å². The summed E-state index contributed by atoms with van der Waals surface area (Å²) in [5, 5.41) is 8.13. The Morgan fingerprint density at radius 3 is 2.75 bits per heavy atom. The number of aliphatic hydroxyl groups is 1. The lowest BCUT2D eigenvalue weighted by Crippen LogP contribution is -2.09. The maximum Gasteiger partial charge on any atom is 0.168 e. The minimum atomic E-state index is -0.168. The van der Waals surface area contributed by atoms with Crippen LogP contribution in [0.4, 0.5) is 0 Å². The molecule has 0 aromatic heterocycles. The summed E-state index contributed by atoms with van der Waals surface area (Å²) in [6.07, 6.45) is 2.62. The zero-order valence-corrected chi connectivity index (χ0v) is 4.50. The van der Waals surface area contributed by atoms with Gasteiger partial charge in [0.1, 0.15) is 0 Å². The van der Waals surface area contributed by atoms with Crippen molar-refractivity contribution in [1.82, 2.24) is 0 Å². The van der Waals surface area contributed by atoms with Crippen molar-refractivity contribution in [1.29, 1.82) is 0 Å². The van der Waals surface area contributed by atoms with Gasteiger partial charge >= 0.3 is 0 Å². The first-order chi connectivity index (χ1) is 3.81. The van der Waals surface area contributed by atoms with Crippen molar-refractivity contribution >= 4 is 5.78 Å². The highest BCUT2D eigenvalue weighted by Crippen LogP contribution is 1.70. The van der Waals surface area contributed by atoms with Crippen LogP contribution >= 0.6 is 0 Å². The molecular weight excluding hydrogens is 106 g/mol.